The lowest BCUT2D eigenvalue weighted by molar-refractivity contribution is -0.137. The number of piperazine rings is 1. The lowest BCUT2D eigenvalue weighted by Gasteiger charge is -2.38. The summed E-state index contributed by atoms with van der Waals surface area (Å²) in [6.45, 7) is 3.15. The fourth-order valence-corrected chi connectivity index (χ4v) is 5.63. The molecule has 2 saturated heterocycles. The molecule has 0 unspecified atom stereocenters. The van der Waals surface area contributed by atoms with Gasteiger partial charge in [0.05, 0.1) is 0 Å². The van der Waals surface area contributed by atoms with Gasteiger partial charge in [-0.05, 0) is 37.1 Å². The Bertz CT molecular complexity index is 986. The molecular weight excluding hydrogens is 407 g/mol. The fraction of sp³-hybridized carbons (Fsp3) is 0.429. The van der Waals surface area contributed by atoms with E-state index in [1.54, 1.807) is 6.20 Å². The van der Waals surface area contributed by atoms with Crippen LogP contribution in [0.5, 0.6) is 0 Å². The van der Waals surface area contributed by atoms with Crippen LogP contribution in [0.15, 0.2) is 53.6 Å². The number of hydrogen-bond acceptors (Lipinski definition) is 5. The molecule has 0 radical (unpaired) electrons. The van der Waals surface area contributed by atoms with Crippen LogP contribution in [0.4, 0.5) is 10.2 Å². The van der Waals surface area contributed by atoms with Crippen molar-refractivity contribution in [1.29, 1.82) is 0 Å². The number of sulfonamides is 1. The van der Waals surface area contributed by atoms with E-state index in [2.05, 4.69) is 9.88 Å². The van der Waals surface area contributed by atoms with Crippen molar-refractivity contribution in [2.75, 3.05) is 44.2 Å². The SMILES string of the molecule is O=C(C1CCN(S(=O)(=O)c2ccccc2F)CC1)N1CCN(c2ccccn2)CC1. The Morgan fingerprint density at radius 2 is 1.60 bits per heavy atom. The van der Waals surface area contributed by atoms with Crippen molar-refractivity contribution >= 4 is 21.7 Å². The molecule has 0 aliphatic carbocycles. The van der Waals surface area contributed by atoms with E-state index >= 15 is 0 Å². The summed E-state index contributed by atoms with van der Waals surface area (Å²) in [4.78, 5) is 21.0. The molecule has 4 rings (SSSR count). The van der Waals surface area contributed by atoms with Crippen LogP contribution in [0.2, 0.25) is 0 Å². The summed E-state index contributed by atoms with van der Waals surface area (Å²) in [5, 5.41) is 0. The van der Waals surface area contributed by atoms with E-state index in [9.17, 15) is 17.6 Å². The topological polar surface area (TPSA) is 73.8 Å². The molecule has 0 saturated carbocycles. The van der Waals surface area contributed by atoms with Crippen molar-refractivity contribution < 1.29 is 17.6 Å². The van der Waals surface area contributed by atoms with Gasteiger partial charge in [0.25, 0.3) is 0 Å². The Hall–Kier alpha value is -2.52. The molecule has 160 valence electrons. The maximum Gasteiger partial charge on any atom is 0.245 e. The minimum absolute atomic E-state index is 0.0820. The van der Waals surface area contributed by atoms with E-state index in [1.165, 1.54) is 22.5 Å². The maximum absolute atomic E-state index is 14.0. The third-order valence-electron chi connectivity index (χ3n) is 5.82. The van der Waals surface area contributed by atoms with Gasteiger partial charge in [-0.1, -0.05) is 18.2 Å². The van der Waals surface area contributed by atoms with Crippen molar-refractivity contribution in [3.63, 3.8) is 0 Å². The van der Waals surface area contributed by atoms with E-state index in [4.69, 9.17) is 0 Å². The molecule has 0 bridgehead atoms. The molecule has 2 aliphatic heterocycles. The largest absolute Gasteiger partial charge is 0.353 e. The van der Waals surface area contributed by atoms with E-state index in [0.29, 0.717) is 25.9 Å². The second kappa shape index (κ2) is 8.69. The maximum atomic E-state index is 14.0. The predicted molar refractivity (Wildman–Crippen MR) is 111 cm³/mol. The van der Waals surface area contributed by atoms with Gasteiger partial charge in [0.1, 0.15) is 16.5 Å². The average Bonchev–Trinajstić information content (AvgIpc) is 2.79. The summed E-state index contributed by atoms with van der Waals surface area (Å²) in [7, 11) is -3.88. The summed E-state index contributed by atoms with van der Waals surface area (Å²) >= 11 is 0. The van der Waals surface area contributed by atoms with Gasteiger partial charge in [-0.15, -0.1) is 0 Å². The van der Waals surface area contributed by atoms with E-state index in [-0.39, 0.29) is 29.8 Å². The number of hydrogen-bond donors (Lipinski definition) is 0. The number of piperidine rings is 1. The van der Waals surface area contributed by atoms with E-state index in [1.807, 2.05) is 23.1 Å². The van der Waals surface area contributed by atoms with Crippen LogP contribution in [0.1, 0.15) is 12.8 Å². The number of carbonyl (C=O) groups is 1. The molecule has 1 aromatic heterocycles. The monoisotopic (exact) mass is 432 g/mol. The number of anilines is 1. The van der Waals surface area contributed by atoms with Gasteiger partial charge in [0.15, 0.2) is 0 Å². The summed E-state index contributed by atoms with van der Waals surface area (Å²) in [5.74, 6) is 0.0508. The zero-order chi connectivity index (χ0) is 21.1. The first kappa shape index (κ1) is 20.7. The Balaban J connectivity index is 1.32. The van der Waals surface area contributed by atoms with Crippen molar-refractivity contribution in [3.8, 4) is 0 Å². The summed E-state index contributed by atoms with van der Waals surface area (Å²) < 4.78 is 40.7. The highest BCUT2D eigenvalue weighted by Crippen LogP contribution is 2.27. The van der Waals surface area contributed by atoms with Gasteiger partial charge in [-0.2, -0.15) is 4.31 Å². The predicted octanol–water partition coefficient (Wildman–Crippen LogP) is 1.97. The van der Waals surface area contributed by atoms with Crippen LogP contribution in [0.25, 0.3) is 0 Å². The zero-order valence-corrected chi connectivity index (χ0v) is 17.5. The van der Waals surface area contributed by atoms with Gasteiger partial charge >= 0.3 is 0 Å². The third kappa shape index (κ3) is 4.17. The number of pyridine rings is 1. The Kier molecular flexibility index (Phi) is 6.01. The highest BCUT2D eigenvalue weighted by Gasteiger charge is 2.35. The molecule has 2 aromatic rings. The molecule has 2 fully saturated rings. The van der Waals surface area contributed by atoms with Crippen LogP contribution >= 0.6 is 0 Å². The fourth-order valence-electron chi connectivity index (χ4n) is 4.09. The van der Waals surface area contributed by atoms with Crippen LogP contribution in [-0.2, 0) is 14.8 Å². The highest BCUT2D eigenvalue weighted by atomic mass is 32.2. The molecule has 30 heavy (non-hydrogen) atoms. The third-order valence-corrected chi connectivity index (χ3v) is 7.75. The number of aromatic nitrogens is 1. The van der Waals surface area contributed by atoms with Crippen LogP contribution in [0, 0.1) is 11.7 Å². The lowest BCUT2D eigenvalue weighted by Crippen LogP contribution is -2.52. The first-order valence-electron chi connectivity index (χ1n) is 10.2. The number of amides is 1. The molecule has 1 aromatic carbocycles. The molecular formula is C21H25FN4O3S. The van der Waals surface area contributed by atoms with Gasteiger partial charge in [0, 0.05) is 51.4 Å². The summed E-state index contributed by atoms with van der Waals surface area (Å²) in [6.07, 6.45) is 2.66. The van der Waals surface area contributed by atoms with Gasteiger partial charge in [0.2, 0.25) is 15.9 Å². The number of carbonyl (C=O) groups excluding carboxylic acids is 1. The minimum atomic E-state index is -3.88. The normalized spacial score (nSPS) is 19.1. The summed E-state index contributed by atoms with van der Waals surface area (Å²) in [5.41, 5.74) is 0. The first-order valence-corrected chi connectivity index (χ1v) is 11.6. The van der Waals surface area contributed by atoms with Crippen molar-refractivity contribution in [1.82, 2.24) is 14.2 Å². The number of nitrogens with zero attached hydrogens (tertiary/aromatic N) is 4. The van der Waals surface area contributed by atoms with Gasteiger partial charge in [-0.25, -0.2) is 17.8 Å². The Morgan fingerprint density at radius 1 is 0.933 bits per heavy atom. The first-order chi connectivity index (χ1) is 14.5. The number of benzene rings is 1. The Morgan fingerprint density at radius 3 is 2.23 bits per heavy atom. The molecule has 3 heterocycles. The molecule has 9 heteroatoms. The second-order valence-electron chi connectivity index (χ2n) is 7.61. The van der Waals surface area contributed by atoms with Gasteiger partial charge in [-0.3, -0.25) is 4.79 Å². The molecule has 0 spiro atoms. The van der Waals surface area contributed by atoms with Crippen LogP contribution in [0.3, 0.4) is 0 Å². The smallest absolute Gasteiger partial charge is 0.245 e. The van der Waals surface area contributed by atoms with Crippen molar-refractivity contribution in [2.45, 2.75) is 17.7 Å². The van der Waals surface area contributed by atoms with Crippen LogP contribution in [-0.4, -0.2) is 67.8 Å². The summed E-state index contributed by atoms with van der Waals surface area (Å²) in [6, 6.07) is 11.2. The zero-order valence-electron chi connectivity index (χ0n) is 16.7. The Labute approximate surface area is 176 Å². The average molecular weight is 433 g/mol. The van der Waals surface area contributed by atoms with E-state index < -0.39 is 15.8 Å². The van der Waals surface area contributed by atoms with E-state index in [0.717, 1.165) is 25.0 Å². The van der Waals surface area contributed by atoms with Crippen molar-refractivity contribution in [2.24, 2.45) is 5.92 Å². The highest BCUT2D eigenvalue weighted by molar-refractivity contribution is 7.89. The lowest BCUT2D eigenvalue weighted by atomic mass is 9.96. The molecule has 1 amide bonds. The van der Waals surface area contributed by atoms with Gasteiger partial charge < -0.3 is 9.80 Å². The minimum Gasteiger partial charge on any atom is -0.353 e. The second-order valence-corrected chi connectivity index (χ2v) is 9.52. The molecule has 0 N–H and O–H groups in total. The quantitative estimate of drug-likeness (QED) is 0.739. The van der Waals surface area contributed by atoms with Crippen molar-refractivity contribution in [3.05, 3.63) is 54.5 Å². The number of rotatable bonds is 4. The number of halogens is 1. The molecule has 0 atom stereocenters. The molecule has 2 aliphatic rings. The molecule has 7 nitrogen and oxygen atoms in total. The van der Waals surface area contributed by atoms with Crippen LogP contribution < -0.4 is 4.90 Å². The standard InChI is InChI=1S/C21H25FN4O3S/c22-18-5-1-2-6-19(18)30(28,29)26-11-8-17(9-12-26)21(27)25-15-13-24(14-16-25)20-7-3-4-10-23-20/h1-7,10,17H,8-9,11-16H2.